The largest absolute Gasteiger partial charge is 0.339 e. The summed E-state index contributed by atoms with van der Waals surface area (Å²) in [6, 6.07) is 17.3. The van der Waals surface area contributed by atoms with Gasteiger partial charge in [-0.25, -0.2) is 0 Å². The topological polar surface area (TPSA) is 58.4 Å². The fraction of sp³-hybridized carbons (Fsp3) is 0.346. The number of likely N-dealkylation sites (N-methyl/N-ethyl adjacent to an activating group) is 1. The number of amides is 2. The summed E-state index contributed by atoms with van der Waals surface area (Å²) >= 11 is 8.09. The molecular formula is C26H27ClN4O2S. The summed E-state index contributed by atoms with van der Waals surface area (Å²) in [5, 5.41) is 5.55. The molecule has 5 rings (SSSR count). The van der Waals surface area contributed by atoms with Crippen LogP contribution in [0.1, 0.15) is 30.9 Å². The molecule has 6 nitrogen and oxygen atoms in total. The standard InChI is InChI=1S/C26H27ClN4O2S/c1-26-13-12-23(32)31(26)22(17-34-26)25(33)29(2)14-20-16-30(15-19-10-6-7-11-21(19)27)28-24(20)18-8-4-3-5-9-18/h3-11,16,22H,12-15,17H2,1-2H3/t22-,26-/m0/s1. The van der Waals surface area contributed by atoms with Gasteiger partial charge in [0.25, 0.3) is 0 Å². The second kappa shape index (κ2) is 9.12. The lowest BCUT2D eigenvalue weighted by atomic mass is 10.1. The number of carbonyl (C=O) groups excluding carboxylic acids is 2. The Hall–Kier alpha value is -2.77. The van der Waals surface area contributed by atoms with Crippen molar-refractivity contribution in [2.24, 2.45) is 0 Å². The fourth-order valence-corrected chi connectivity index (χ4v) is 6.51. The van der Waals surface area contributed by atoms with Gasteiger partial charge in [-0.15, -0.1) is 11.8 Å². The average Bonchev–Trinajstić information content (AvgIpc) is 3.48. The van der Waals surface area contributed by atoms with E-state index >= 15 is 0 Å². The van der Waals surface area contributed by atoms with Gasteiger partial charge < -0.3 is 9.80 Å². The van der Waals surface area contributed by atoms with Crippen molar-refractivity contribution >= 4 is 35.2 Å². The predicted molar refractivity (Wildman–Crippen MR) is 135 cm³/mol. The number of nitrogens with zero attached hydrogens (tertiary/aromatic N) is 4. The van der Waals surface area contributed by atoms with Crippen LogP contribution in [0.5, 0.6) is 0 Å². The Bertz CT molecular complexity index is 1230. The van der Waals surface area contributed by atoms with Crippen LogP contribution >= 0.6 is 23.4 Å². The fourth-order valence-electron chi connectivity index (χ4n) is 4.89. The molecule has 2 saturated heterocycles. The van der Waals surface area contributed by atoms with Crippen molar-refractivity contribution < 1.29 is 9.59 Å². The van der Waals surface area contributed by atoms with Crippen LogP contribution in [-0.4, -0.2) is 55.1 Å². The Labute approximate surface area is 208 Å². The van der Waals surface area contributed by atoms with Gasteiger partial charge in [0, 0.05) is 48.1 Å². The van der Waals surface area contributed by atoms with Gasteiger partial charge in [0.15, 0.2) is 0 Å². The molecule has 2 aromatic carbocycles. The van der Waals surface area contributed by atoms with Gasteiger partial charge in [-0.05, 0) is 25.0 Å². The van der Waals surface area contributed by atoms with Crippen molar-refractivity contribution in [2.75, 3.05) is 12.8 Å². The lowest BCUT2D eigenvalue weighted by Gasteiger charge is -2.31. The second-order valence-corrected chi connectivity index (χ2v) is 11.0. The van der Waals surface area contributed by atoms with E-state index in [1.54, 1.807) is 16.7 Å². The molecule has 8 heteroatoms. The molecule has 1 aromatic heterocycles. The van der Waals surface area contributed by atoms with Gasteiger partial charge in [-0.2, -0.15) is 5.10 Å². The SMILES string of the molecule is CN(Cc1cn(Cc2ccccc2Cl)nc1-c1ccccc1)C(=O)[C@@H]1CS[C@@]2(C)CCC(=O)N12. The Balaban J connectivity index is 1.41. The van der Waals surface area contributed by atoms with Crippen LogP contribution < -0.4 is 0 Å². The highest BCUT2D eigenvalue weighted by Crippen LogP contribution is 2.47. The number of benzene rings is 2. The third-order valence-electron chi connectivity index (χ3n) is 6.69. The number of fused-ring (bicyclic) bond motifs is 1. The minimum Gasteiger partial charge on any atom is -0.339 e. The summed E-state index contributed by atoms with van der Waals surface area (Å²) in [6.45, 7) is 3.02. The lowest BCUT2D eigenvalue weighted by molar-refractivity contribution is -0.143. The molecule has 0 radical (unpaired) electrons. The Morgan fingerprint density at radius 2 is 1.91 bits per heavy atom. The first kappa shape index (κ1) is 23.0. The van der Waals surface area contributed by atoms with Gasteiger partial charge >= 0.3 is 0 Å². The maximum atomic E-state index is 13.4. The molecule has 2 aliphatic heterocycles. The van der Waals surface area contributed by atoms with Crippen LogP contribution in [0.2, 0.25) is 5.02 Å². The lowest BCUT2D eigenvalue weighted by Crippen LogP contribution is -2.50. The van der Waals surface area contributed by atoms with Crippen LogP contribution in [0.3, 0.4) is 0 Å². The first-order chi connectivity index (χ1) is 16.4. The number of thioether (sulfide) groups is 1. The van der Waals surface area contributed by atoms with Crippen molar-refractivity contribution in [1.29, 1.82) is 0 Å². The van der Waals surface area contributed by atoms with Crippen molar-refractivity contribution in [3.63, 3.8) is 0 Å². The maximum Gasteiger partial charge on any atom is 0.246 e. The van der Waals surface area contributed by atoms with Crippen LogP contribution in [-0.2, 0) is 22.7 Å². The van der Waals surface area contributed by atoms with Gasteiger partial charge in [-0.3, -0.25) is 14.3 Å². The predicted octanol–water partition coefficient (Wildman–Crippen LogP) is 4.66. The van der Waals surface area contributed by atoms with Crippen LogP contribution in [0.15, 0.2) is 60.8 Å². The second-order valence-electron chi connectivity index (χ2n) is 9.12. The summed E-state index contributed by atoms with van der Waals surface area (Å²) in [4.78, 5) is 29.2. The monoisotopic (exact) mass is 494 g/mol. The zero-order valence-corrected chi connectivity index (χ0v) is 20.9. The molecule has 2 amide bonds. The van der Waals surface area contributed by atoms with Crippen molar-refractivity contribution in [3.8, 4) is 11.3 Å². The molecule has 2 aliphatic rings. The first-order valence-electron chi connectivity index (χ1n) is 11.4. The smallest absolute Gasteiger partial charge is 0.246 e. The van der Waals surface area contributed by atoms with Crippen molar-refractivity contribution in [2.45, 2.75) is 43.8 Å². The van der Waals surface area contributed by atoms with Crippen LogP contribution in [0, 0.1) is 0 Å². The highest BCUT2D eigenvalue weighted by atomic mass is 35.5. The highest BCUT2D eigenvalue weighted by Gasteiger charge is 2.53. The summed E-state index contributed by atoms with van der Waals surface area (Å²) < 4.78 is 1.88. The van der Waals surface area contributed by atoms with Crippen molar-refractivity contribution in [1.82, 2.24) is 19.6 Å². The third-order valence-corrected chi connectivity index (χ3v) is 8.56. The summed E-state index contributed by atoms with van der Waals surface area (Å²) in [7, 11) is 1.81. The molecule has 0 saturated carbocycles. The minimum absolute atomic E-state index is 0.0238. The van der Waals surface area contributed by atoms with E-state index < -0.39 is 6.04 Å². The van der Waals surface area contributed by atoms with Gasteiger partial charge in [0.2, 0.25) is 11.8 Å². The van der Waals surface area contributed by atoms with Gasteiger partial charge in [0.05, 0.1) is 17.1 Å². The molecule has 3 aromatic rings. The van der Waals surface area contributed by atoms with E-state index in [2.05, 4.69) is 6.92 Å². The summed E-state index contributed by atoms with van der Waals surface area (Å²) in [6.07, 6.45) is 3.31. The molecular weight excluding hydrogens is 468 g/mol. The Kier molecular flexibility index (Phi) is 6.16. The molecule has 3 heterocycles. The van der Waals surface area contributed by atoms with E-state index in [1.165, 1.54) is 0 Å². The van der Waals surface area contributed by atoms with Crippen molar-refractivity contribution in [3.05, 3.63) is 76.9 Å². The van der Waals surface area contributed by atoms with Gasteiger partial charge in [-0.1, -0.05) is 60.1 Å². The van der Waals surface area contributed by atoms with E-state index in [-0.39, 0.29) is 16.7 Å². The number of rotatable bonds is 6. The number of aromatic nitrogens is 2. The molecule has 176 valence electrons. The quantitative estimate of drug-likeness (QED) is 0.500. The van der Waals surface area contributed by atoms with E-state index in [1.807, 2.05) is 77.4 Å². The maximum absolute atomic E-state index is 13.4. The molecule has 34 heavy (non-hydrogen) atoms. The molecule has 0 unspecified atom stereocenters. The minimum atomic E-state index is -0.409. The zero-order chi connectivity index (χ0) is 23.9. The number of hydrogen-bond donors (Lipinski definition) is 0. The van der Waals surface area contributed by atoms with Crippen LogP contribution in [0.4, 0.5) is 0 Å². The van der Waals surface area contributed by atoms with Gasteiger partial charge in [0.1, 0.15) is 6.04 Å². The van der Waals surface area contributed by atoms with E-state index in [0.29, 0.717) is 30.3 Å². The zero-order valence-electron chi connectivity index (χ0n) is 19.3. The summed E-state index contributed by atoms with van der Waals surface area (Å²) in [5.41, 5.74) is 3.78. The molecule has 2 fully saturated rings. The van der Waals surface area contributed by atoms with Crippen LogP contribution in [0.25, 0.3) is 11.3 Å². The Morgan fingerprint density at radius 3 is 2.68 bits per heavy atom. The van der Waals surface area contributed by atoms with E-state index in [0.717, 1.165) is 28.8 Å². The molecule has 0 N–H and O–H groups in total. The Morgan fingerprint density at radius 1 is 1.18 bits per heavy atom. The van der Waals surface area contributed by atoms with E-state index in [4.69, 9.17) is 16.7 Å². The first-order valence-corrected chi connectivity index (χ1v) is 12.8. The molecule has 0 aliphatic carbocycles. The molecule has 0 bridgehead atoms. The number of halogens is 1. The number of hydrogen-bond acceptors (Lipinski definition) is 4. The molecule has 2 atom stereocenters. The van der Waals surface area contributed by atoms with E-state index in [9.17, 15) is 9.59 Å². The third kappa shape index (κ3) is 4.23. The molecule has 0 spiro atoms. The normalized spacial score (nSPS) is 21.7. The average molecular weight is 495 g/mol. The summed E-state index contributed by atoms with van der Waals surface area (Å²) in [5.74, 6) is 0.698. The number of carbonyl (C=O) groups is 2. The highest BCUT2D eigenvalue weighted by molar-refractivity contribution is 8.01.